The van der Waals surface area contributed by atoms with E-state index in [9.17, 15) is 0 Å². The largest absolute Gasteiger partial charge is 0.311 e. The van der Waals surface area contributed by atoms with Crippen molar-refractivity contribution >= 4 is 60.7 Å². The molecule has 0 spiro atoms. The highest BCUT2D eigenvalue weighted by Crippen LogP contribution is 2.39. The predicted molar refractivity (Wildman–Crippen MR) is 215 cm³/mol. The molecule has 0 fully saturated rings. The van der Waals surface area contributed by atoms with E-state index in [1.54, 1.807) is 0 Å². The van der Waals surface area contributed by atoms with Gasteiger partial charge in [-0.2, -0.15) is 0 Å². The summed E-state index contributed by atoms with van der Waals surface area (Å²) in [5, 5.41) is 5.01. The number of para-hydroxylation sites is 5. The number of anilines is 3. The van der Waals surface area contributed by atoms with E-state index in [2.05, 4.69) is 214 Å². The normalized spacial score (nSPS) is 11.5. The highest BCUT2D eigenvalue weighted by atomic mass is 15.1. The van der Waals surface area contributed by atoms with Gasteiger partial charge in [0.05, 0.1) is 22.1 Å². The van der Waals surface area contributed by atoms with Gasteiger partial charge in [-0.05, 0) is 102 Å². The third-order valence-corrected chi connectivity index (χ3v) is 10.1. The van der Waals surface area contributed by atoms with Crippen LogP contribution in [0.15, 0.2) is 200 Å². The summed E-state index contributed by atoms with van der Waals surface area (Å²) in [6.07, 6.45) is 0. The summed E-state index contributed by atoms with van der Waals surface area (Å²) < 4.78 is 4.78. The molecule has 10 rings (SSSR count). The molecule has 240 valence electrons. The molecule has 0 radical (unpaired) electrons. The Morgan fingerprint density at radius 2 is 0.706 bits per heavy atom. The zero-order valence-electron chi connectivity index (χ0n) is 27.9. The fourth-order valence-electron chi connectivity index (χ4n) is 7.79. The van der Waals surface area contributed by atoms with Crippen molar-refractivity contribution in [3.8, 4) is 22.5 Å². The van der Waals surface area contributed by atoms with Gasteiger partial charge in [0.2, 0.25) is 0 Å². The Kier molecular flexibility index (Phi) is 6.81. The van der Waals surface area contributed by atoms with Crippen molar-refractivity contribution < 1.29 is 0 Å². The zero-order chi connectivity index (χ0) is 33.7. The van der Waals surface area contributed by atoms with Gasteiger partial charge in [-0.3, -0.25) is 0 Å². The maximum absolute atomic E-state index is 2.39. The molecular weight excluding hydrogens is 619 g/mol. The third-order valence-electron chi connectivity index (χ3n) is 10.1. The number of benzene rings is 8. The van der Waals surface area contributed by atoms with Crippen LogP contribution >= 0.6 is 0 Å². The van der Waals surface area contributed by atoms with Gasteiger partial charge in [0.1, 0.15) is 0 Å². The smallest absolute Gasteiger partial charge is 0.0547 e. The first kappa shape index (κ1) is 29.1. The van der Waals surface area contributed by atoms with Crippen molar-refractivity contribution in [3.05, 3.63) is 200 Å². The number of hydrogen-bond donors (Lipinski definition) is 0. The minimum absolute atomic E-state index is 1.11. The van der Waals surface area contributed by atoms with Crippen molar-refractivity contribution in [2.24, 2.45) is 0 Å². The van der Waals surface area contributed by atoms with E-state index in [1.807, 2.05) is 0 Å². The second-order valence-electron chi connectivity index (χ2n) is 13.0. The average molecular weight is 652 g/mol. The predicted octanol–water partition coefficient (Wildman–Crippen LogP) is 13.0. The number of nitrogens with zero attached hydrogens (tertiary/aromatic N) is 3. The Morgan fingerprint density at radius 3 is 1.35 bits per heavy atom. The van der Waals surface area contributed by atoms with Crippen LogP contribution in [0.2, 0.25) is 0 Å². The van der Waals surface area contributed by atoms with Gasteiger partial charge in [0.15, 0.2) is 0 Å². The van der Waals surface area contributed by atoms with Gasteiger partial charge >= 0.3 is 0 Å². The van der Waals surface area contributed by atoms with E-state index in [-0.39, 0.29) is 0 Å². The summed E-state index contributed by atoms with van der Waals surface area (Å²) >= 11 is 0. The van der Waals surface area contributed by atoms with Gasteiger partial charge in [-0.1, -0.05) is 109 Å². The Morgan fingerprint density at radius 1 is 0.275 bits per heavy atom. The minimum Gasteiger partial charge on any atom is -0.311 e. The lowest BCUT2D eigenvalue weighted by molar-refractivity contribution is 1.17. The van der Waals surface area contributed by atoms with Crippen molar-refractivity contribution in [2.75, 3.05) is 4.90 Å². The fourth-order valence-corrected chi connectivity index (χ4v) is 7.79. The third kappa shape index (κ3) is 4.82. The van der Waals surface area contributed by atoms with Crippen LogP contribution in [0.3, 0.4) is 0 Å². The first-order valence-electron chi connectivity index (χ1n) is 17.4. The molecule has 10 aromatic rings. The van der Waals surface area contributed by atoms with Gasteiger partial charge in [0, 0.05) is 50.0 Å². The molecule has 0 N–H and O–H groups in total. The molecule has 0 atom stereocenters. The Bertz CT molecular complexity index is 2790. The highest BCUT2D eigenvalue weighted by molar-refractivity contribution is 6.12. The van der Waals surface area contributed by atoms with Crippen molar-refractivity contribution in [2.45, 2.75) is 0 Å². The number of aromatic nitrogens is 2. The summed E-state index contributed by atoms with van der Waals surface area (Å²) in [6.45, 7) is 0. The van der Waals surface area contributed by atoms with E-state index in [1.165, 1.54) is 60.4 Å². The molecule has 0 bridgehead atoms. The van der Waals surface area contributed by atoms with Crippen molar-refractivity contribution in [3.63, 3.8) is 0 Å². The summed E-state index contributed by atoms with van der Waals surface area (Å²) in [4.78, 5) is 2.30. The molecule has 3 nitrogen and oxygen atoms in total. The lowest BCUT2D eigenvalue weighted by atomic mass is 10.0. The molecule has 0 unspecified atom stereocenters. The lowest BCUT2D eigenvalue weighted by Gasteiger charge is -2.25. The summed E-state index contributed by atoms with van der Waals surface area (Å²) in [5.74, 6) is 0. The van der Waals surface area contributed by atoms with E-state index in [0.717, 1.165) is 22.7 Å². The van der Waals surface area contributed by atoms with Crippen LogP contribution in [0, 0.1) is 0 Å². The second kappa shape index (κ2) is 11.9. The van der Waals surface area contributed by atoms with E-state index in [0.29, 0.717) is 0 Å². The van der Waals surface area contributed by atoms with Gasteiger partial charge in [0.25, 0.3) is 0 Å². The zero-order valence-corrected chi connectivity index (χ0v) is 27.9. The first-order chi connectivity index (χ1) is 25.3. The SMILES string of the molecule is c1ccc(N(c2ccccc2)c2ccc(-n3c4ccccc4c4cc(-c5ccc6c7ccccc7n(-c7ccccc7)c6c5)ccc43)cc2)cc1. The molecule has 8 aromatic carbocycles. The molecule has 2 heterocycles. The lowest BCUT2D eigenvalue weighted by Crippen LogP contribution is -2.09. The van der Waals surface area contributed by atoms with E-state index in [4.69, 9.17) is 0 Å². The standard InChI is InChI=1S/C48H33N3/c1-4-14-36(15-5-1)49(37-16-6-2-7-17-37)39-26-28-40(29-27-39)50-46-23-13-11-21-42(46)44-32-34(25-31-47(44)50)35-24-30-43-41-20-10-12-22-45(41)51(48(43)33-35)38-18-8-3-9-19-38/h1-33H. The number of hydrogen-bond acceptors (Lipinski definition) is 1. The Labute approximate surface area is 296 Å². The fraction of sp³-hybridized carbons (Fsp3) is 0. The first-order valence-corrected chi connectivity index (χ1v) is 17.4. The Hall–Kier alpha value is -6.84. The topological polar surface area (TPSA) is 13.1 Å². The van der Waals surface area contributed by atoms with Crippen molar-refractivity contribution in [1.29, 1.82) is 0 Å². The monoisotopic (exact) mass is 651 g/mol. The Balaban J connectivity index is 1.10. The van der Waals surface area contributed by atoms with Crippen molar-refractivity contribution in [1.82, 2.24) is 9.13 Å². The molecule has 0 amide bonds. The molecule has 0 saturated heterocycles. The van der Waals surface area contributed by atoms with Gasteiger partial charge in [-0.15, -0.1) is 0 Å². The molecule has 0 aliphatic heterocycles. The highest BCUT2D eigenvalue weighted by Gasteiger charge is 2.17. The summed E-state index contributed by atoms with van der Waals surface area (Å²) in [6, 6.07) is 72.0. The van der Waals surface area contributed by atoms with Crippen LogP contribution in [0.5, 0.6) is 0 Å². The van der Waals surface area contributed by atoms with Crippen LogP contribution in [0.4, 0.5) is 17.1 Å². The second-order valence-corrected chi connectivity index (χ2v) is 13.0. The van der Waals surface area contributed by atoms with Crippen LogP contribution in [-0.2, 0) is 0 Å². The van der Waals surface area contributed by atoms with Gasteiger partial charge in [-0.25, -0.2) is 0 Å². The maximum atomic E-state index is 2.39. The van der Waals surface area contributed by atoms with Crippen LogP contribution < -0.4 is 4.90 Å². The van der Waals surface area contributed by atoms with Gasteiger partial charge < -0.3 is 14.0 Å². The van der Waals surface area contributed by atoms with Crippen LogP contribution in [0.1, 0.15) is 0 Å². The number of rotatable bonds is 6. The quantitative estimate of drug-likeness (QED) is 0.174. The minimum atomic E-state index is 1.11. The molecular formula is C48H33N3. The molecule has 0 aliphatic rings. The summed E-state index contributed by atoms with van der Waals surface area (Å²) in [5.41, 5.74) is 12.9. The molecule has 0 aliphatic carbocycles. The molecule has 2 aromatic heterocycles. The maximum Gasteiger partial charge on any atom is 0.0547 e. The molecule has 51 heavy (non-hydrogen) atoms. The summed E-state index contributed by atoms with van der Waals surface area (Å²) in [7, 11) is 0. The van der Waals surface area contributed by atoms with Crippen LogP contribution in [0.25, 0.3) is 66.1 Å². The van der Waals surface area contributed by atoms with E-state index >= 15 is 0 Å². The average Bonchev–Trinajstić information content (AvgIpc) is 3.72. The molecule has 0 saturated carbocycles. The number of fused-ring (bicyclic) bond motifs is 6. The van der Waals surface area contributed by atoms with E-state index < -0.39 is 0 Å². The van der Waals surface area contributed by atoms with Crippen LogP contribution in [-0.4, -0.2) is 9.13 Å². The molecule has 3 heteroatoms.